The van der Waals surface area contributed by atoms with Crippen molar-refractivity contribution in [3.63, 3.8) is 0 Å². The molecule has 1 aromatic carbocycles. The Kier molecular flexibility index (Phi) is 3.18. The summed E-state index contributed by atoms with van der Waals surface area (Å²) in [5, 5.41) is 12.8. The standard InChI is InChI=1S/C11H17NO/c1-4-12-9-5-6-11(13)10(7-9)8(2)3/h5-8,12-13H,4H2,1-3H3. The summed E-state index contributed by atoms with van der Waals surface area (Å²) in [6.45, 7) is 7.11. The van der Waals surface area contributed by atoms with Crippen LogP contribution < -0.4 is 5.32 Å². The van der Waals surface area contributed by atoms with Crippen LogP contribution in [0.4, 0.5) is 5.69 Å². The van der Waals surface area contributed by atoms with Gasteiger partial charge in [-0.05, 0) is 36.6 Å². The van der Waals surface area contributed by atoms with E-state index >= 15 is 0 Å². The molecule has 0 aliphatic rings. The lowest BCUT2D eigenvalue weighted by Gasteiger charge is -2.11. The maximum atomic E-state index is 9.55. The van der Waals surface area contributed by atoms with Gasteiger partial charge in [-0.25, -0.2) is 0 Å². The van der Waals surface area contributed by atoms with E-state index in [4.69, 9.17) is 0 Å². The molecule has 13 heavy (non-hydrogen) atoms. The smallest absolute Gasteiger partial charge is 0.119 e. The van der Waals surface area contributed by atoms with Crippen molar-refractivity contribution in [1.82, 2.24) is 0 Å². The highest BCUT2D eigenvalue weighted by molar-refractivity contribution is 5.51. The number of rotatable bonds is 3. The summed E-state index contributed by atoms with van der Waals surface area (Å²) in [7, 11) is 0. The van der Waals surface area contributed by atoms with E-state index < -0.39 is 0 Å². The number of anilines is 1. The van der Waals surface area contributed by atoms with Gasteiger partial charge in [-0.2, -0.15) is 0 Å². The summed E-state index contributed by atoms with van der Waals surface area (Å²) in [6, 6.07) is 5.64. The Hall–Kier alpha value is -1.18. The molecule has 0 aromatic heterocycles. The summed E-state index contributed by atoms with van der Waals surface area (Å²) in [6.07, 6.45) is 0. The first kappa shape index (κ1) is 9.90. The van der Waals surface area contributed by atoms with Crippen LogP contribution in [-0.4, -0.2) is 11.7 Å². The van der Waals surface area contributed by atoms with E-state index in [1.165, 1.54) is 0 Å². The molecular weight excluding hydrogens is 162 g/mol. The molecular formula is C11H17NO. The fraction of sp³-hybridized carbons (Fsp3) is 0.455. The van der Waals surface area contributed by atoms with Crippen LogP contribution in [0.25, 0.3) is 0 Å². The summed E-state index contributed by atoms with van der Waals surface area (Å²) >= 11 is 0. The topological polar surface area (TPSA) is 32.3 Å². The minimum Gasteiger partial charge on any atom is -0.508 e. The molecule has 2 N–H and O–H groups in total. The van der Waals surface area contributed by atoms with Crippen LogP contribution in [0.15, 0.2) is 18.2 Å². The van der Waals surface area contributed by atoms with Gasteiger partial charge in [0, 0.05) is 12.2 Å². The van der Waals surface area contributed by atoms with Crippen LogP contribution in [-0.2, 0) is 0 Å². The molecule has 2 heteroatoms. The number of aromatic hydroxyl groups is 1. The zero-order chi connectivity index (χ0) is 9.84. The molecule has 0 atom stereocenters. The molecule has 1 rings (SSSR count). The third kappa shape index (κ3) is 2.38. The Labute approximate surface area is 79.6 Å². The van der Waals surface area contributed by atoms with Crippen LogP contribution in [0.1, 0.15) is 32.3 Å². The molecule has 0 bridgehead atoms. The summed E-state index contributed by atoms with van der Waals surface area (Å²) in [5.74, 6) is 0.746. The number of benzene rings is 1. The van der Waals surface area contributed by atoms with Gasteiger partial charge in [0.2, 0.25) is 0 Å². The van der Waals surface area contributed by atoms with E-state index in [0.717, 1.165) is 17.8 Å². The molecule has 0 radical (unpaired) electrons. The average molecular weight is 179 g/mol. The van der Waals surface area contributed by atoms with Gasteiger partial charge in [-0.1, -0.05) is 13.8 Å². The highest BCUT2D eigenvalue weighted by Crippen LogP contribution is 2.27. The van der Waals surface area contributed by atoms with Gasteiger partial charge in [-0.15, -0.1) is 0 Å². The van der Waals surface area contributed by atoms with E-state index in [0.29, 0.717) is 11.7 Å². The minimum atomic E-state index is 0.360. The monoisotopic (exact) mass is 179 g/mol. The summed E-state index contributed by atoms with van der Waals surface area (Å²) in [4.78, 5) is 0. The maximum Gasteiger partial charge on any atom is 0.119 e. The van der Waals surface area contributed by atoms with Crippen molar-refractivity contribution < 1.29 is 5.11 Å². The number of phenols is 1. The third-order valence-electron chi connectivity index (χ3n) is 2.03. The Morgan fingerprint density at radius 1 is 1.38 bits per heavy atom. The molecule has 0 amide bonds. The second-order valence-corrected chi connectivity index (χ2v) is 3.46. The predicted molar refractivity (Wildman–Crippen MR) is 56.4 cm³/mol. The van der Waals surface area contributed by atoms with Crippen molar-refractivity contribution in [2.75, 3.05) is 11.9 Å². The van der Waals surface area contributed by atoms with Gasteiger partial charge >= 0.3 is 0 Å². The number of hydrogen-bond acceptors (Lipinski definition) is 2. The van der Waals surface area contributed by atoms with Crippen molar-refractivity contribution in [2.45, 2.75) is 26.7 Å². The molecule has 0 saturated carbocycles. The van der Waals surface area contributed by atoms with Gasteiger partial charge in [0.15, 0.2) is 0 Å². The molecule has 0 aliphatic heterocycles. The third-order valence-corrected chi connectivity index (χ3v) is 2.03. The van der Waals surface area contributed by atoms with Crippen LogP contribution in [0.5, 0.6) is 5.75 Å². The van der Waals surface area contributed by atoms with Crippen molar-refractivity contribution in [2.24, 2.45) is 0 Å². The fourth-order valence-electron chi connectivity index (χ4n) is 1.33. The van der Waals surface area contributed by atoms with Gasteiger partial charge in [0.1, 0.15) is 5.75 Å². The first-order valence-corrected chi connectivity index (χ1v) is 4.72. The van der Waals surface area contributed by atoms with Crippen LogP contribution in [0.3, 0.4) is 0 Å². The number of phenolic OH excluding ortho intramolecular Hbond substituents is 1. The highest BCUT2D eigenvalue weighted by Gasteiger charge is 2.05. The zero-order valence-corrected chi connectivity index (χ0v) is 8.46. The Bertz CT molecular complexity index is 281. The summed E-state index contributed by atoms with van der Waals surface area (Å²) in [5.41, 5.74) is 2.07. The molecule has 0 spiro atoms. The molecule has 0 unspecified atom stereocenters. The number of nitrogens with one attached hydrogen (secondary N) is 1. The van der Waals surface area contributed by atoms with E-state index in [9.17, 15) is 5.11 Å². The zero-order valence-electron chi connectivity index (χ0n) is 8.46. The summed E-state index contributed by atoms with van der Waals surface area (Å²) < 4.78 is 0. The van der Waals surface area contributed by atoms with Crippen LogP contribution in [0.2, 0.25) is 0 Å². The van der Waals surface area contributed by atoms with Crippen molar-refractivity contribution in [3.05, 3.63) is 23.8 Å². The van der Waals surface area contributed by atoms with Gasteiger partial charge < -0.3 is 10.4 Å². The highest BCUT2D eigenvalue weighted by atomic mass is 16.3. The number of hydrogen-bond donors (Lipinski definition) is 2. The normalized spacial score (nSPS) is 10.5. The largest absolute Gasteiger partial charge is 0.508 e. The first-order chi connectivity index (χ1) is 6.15. The lowest BCUT2D eigenvalue weighted by molar-refractivity contribution is 0.465. The second-order valence-electron chi connectivity index (χ2n) is 3.46. The fourth-order valence-corrected chi connectivity index (χ4v) is 1.33. The van der Waals surface area contributed by atoms with Gasteiger partial charge in [0.05, 0.1) is 0 Å². The van der Waals surface area contributed by atoms with E-state index in [2.05, 4.69) is 26.1 Å². The van der Waals surface area contributed by atoms with Crippen LogP contribution >= 0.6 is 0 Å². The van der Waals surface area contributed by atoms with Gasteiger partial charge in [-0.3, -0.25) is 0 Å². The Morgan fingerprint density at radius 3 is 2.62 bits per heavy atom. The molecule has 0 saturated heterocycles. The predicted octanol–water partition coefficient (Wildman–Crippen LogP) is 2.95. The lowest BCUT2D eigenvalue weighted by Crippen LogP contribution is -1.98. The first-order valence-electron chi connectivity index (χ1n) is 4.72. The average Bonchev–Trinajstić information content (AvgIpc) is 2.08. The van der Waals surface area contributed by atoms with Crippen LogP contribution in [0, 0.1) is 0 Å². The molecule has 0 aliphatic carbocycles. The van der Waals surface area contributed by atoms with E-state index in [1.54, 1.807) is 6.07 Å². The quantitative estimate of drug-likeness (QED) is 0.699. The lowest BCUT2D eigenvalue weighted by atomic mass is 10.0. The molecule has 1 aromatic rings. The Morgan fingerprint density at radius 2 is 2.08 bits per heavy atom. The SMILES string of the molecule is CCNc1ccc(O)c(C(C)C)c1. The van der Waals surface area contributed by atoms with Gasteiger partial charge in [0.25, 0.3) is 0 Å². The van der Waals surface area contributed by atoms with Crippen molar-refractivity contribution in [1.29, 1.82) is 0 Å². The van der Waals surface area contributed by atoms with E-state index in [1.807, 2.05) is 12.1 Å². The second kappa shape index (κ2) is 4.17. The molecule has 72 valence electrons. The minimum absolute atomic E-state index is 0.360. The van der Waals surface area contributed by atoms with Crippen molar-refractivity contribution >= 4 is 5.69 Å². The van der Waals surface area contributed by atoms with E-state index in [-0.39, 0.29) is 0 Å². The maximum absolute atomic E-state index is 9.55. The Balaban J connectivity index is 2.97. The molecule has 0 heterocycles. The molecule has 0 fully saturated rings. The molecule has 2 nitrogen and oxygen atoms in total. The van der Waals surface area contributed by atoms with Crippen molar-refractivity contribution in [3.8, 4) is 5.75 Å².